The molecule has 5 nitrogen and oxygen atoms in total. The number of nitrogens with zero attached hydrogens (tertiary/aromatic N) is 2. The molecule has 1 aromatic rings. The van der Waals surface area contributed by atoms with E-state index in [9.17, 15) is 0 Å². The van der Waals surface area contributed by atoms with Gasteiger partial charge in [0.15, 0.2) is 0 Å². The normalized spacial score (nSPS) is 10.4. The molecule has 0 spiro atoms. The van der Waals surface area contributed by atoms with Crippen molar-refractivity contribution in [2.45, 2.75) is 13.3 Å². The van der Waals surface area contributed by atoms with Crippen LogP contribution in [0.5, 0.6) is 5.88 Å². The molecular weight excluding hydrogens is 170 g/mol. The van der Waals surface area contributed by atoms with E-state index in [1.165, 1.54) is 0 Å². The van der Waals surface area contributed by atoms with Crippen molar-refractivity contribution in [3.63, 3.8) is 0 Å². The number of aliphatic hydroxyl groups is 1. The molecule has 0 saturated carbocycles. The molecule has 74 valence electrons. The quantitative estimate of drug-likeness (QED) is 0.689. The Hall–Kier alpha value is -1.23. The Labute approximate surface area is 77.1 Å². The average Bonchev–Trinajstić information content (AvgIpc) is 2.39. The fourth-order valence-electron chi connectivity index (χ4n) is 1.15. The highest BCUT2D eigenvalue weighted by atomic mass is 16.5. The molecule has 3 N–H and O–H groups in total. The van der Waals surface area contributed by atoms with Gasteiger partial charge in [-0.2, -0.15) is 5.10 Å². The van der Waals surface area contributed by atoms with Gasteiger partial charge in [-0.25, -0.2) is 4.68 Å². The van der Waals surface area contributed by atoms with Gasteiger partial charge in [0.25, 0.3) is 0 Å². The zero-order valence-corrected chi connectivity index (χ0v) is 7.95. The lowest BCUT2D eigenvalue weighted by Gasteiger charge is -2.04. The van der Waals surface area contributed by atoms with Crippen LogP contribution >= 0.6 is 0 Å². The van der Waals surface area contributed by atoms with Crippen molar-refractivity contribution < 1.29 is 9.84 Å². The van der Waals surface area contributed by atoms with E-state index in [-0.39, 0.29) is 13.2 Å². The average molecular weight is 185 g/mol. The van der Waals surface area contributed by atoms with E-state index >= 15 is 0 Å². The smallest absolute Gasteiger partial charge is 0.235 e. The van der Waals surface area contributed by atoms with E-state index in [0.29, 0.717) is 11.6 Å². The maximum atomic E-state index is 8.58. The molecular formula is C8H15N3O2. The number of rotatable bonds is 4. The highest BCUT2D eigenvalue weighted by molar-refractivity contribution is 5.52. The summed E-state index contributed by atoms with van der Waals surface area (Å²) in [5.41, 5.74) is 7.16. The molecule has 0 aromatic carbocycles. The summed E-state index contributed by atoms with van der Waals surface area (Å²) < 4.78 is 6.81. The third-order valence-electron chi connectivity index (χ3n) is 1.77. The van der Waals surface area contributed by atoms with E-state index in [1.54, 1.807) is 11.7 Å². The second-order valence-corrected chi connectivity index (χ2v) is 2.71. The molecule has 0 radical (unpaired) electrons. The second kappa shape index (κ2) is 4.13. The second-order valence-electron chi connectivity index (χ2n) is 2.71. The summed E-state index contributed by atoms with van der Waals surface area (Å²) in [4.78, 5) is 0. The van der Waals surface area contributed by atoms with Crippen molar-refractivity contribution in [2.75, 3.05) is 18.9 Å². The minimum Gasteiger partial charge on any atom is -0.474 e. The van der Waals surface area contributed by atoms with E-state index in [4.69, 9.17) is 15.6 Å². The van der Waals surface area contributed by atoms with Crippen LogP contribution in [0.2, 0.25) is 0 Å². The monoisotopic (exact) mass is 185 g/mol. The van der Waals surface area contributed by atoms with Crippen LogP contribution in [-0.4, -0.2) is 28.1 Å². The highest BCUT2D eigenvalue weighted by Gasteiger charge is 2.12. The number of aromatic nitrogens is 2. The van der Waals surface area contributed by atoms with Gasteiger partial charge in [-0.1, -0.05) is 6.92 Å². The van der Waals surface area contributed by atoms with Crippen molar-refractivity contribution >= 4 is 5.69 Å². The Bertz CT molecular complexity index is 283. The standard InChI is InChI=1S/C8H15N3O2/c1-3-6-7(9)8(11(2)10-6)13-5-4-12/h12H,3-5,9H2,1-2H3. The third kappa shape index (κ3) is 1.92. The Morgan fingerprint density at radius 3 is 2.77 bits per heavy atom. The largest absolute Gasteiger partial charge is 0.474 e. The molecule has 1 rings (SSSR count). The fourth-order valence-corrected chi connectivity index (χ4v) is 1.15. The zero-order valence-electron chi connectivity index (χ0n) is 7.95. The molecule has 0 aliphatic heterocycles. The highest BCUT2D eigenvalue weighted by Crippen LogP contribution is 2.24. The van der Waals surface area contributed by atoms with Gasteiger partial charge in [0, 0.05) is 7.05 Å². The molecule has 0 aliphatic rings. The van der Waals surface area contributed by atoms with Crippen LogP contribution in [0.15, 0.2) is 0 Å². The van der Waals surface area contributed by atoms with Gasteiger partial charge in [0.1, 0.15) is 12.3 Å². The number of aryl methyl sites for hydroxylation is 2. The summed E-state index contributed by atoms with van der Waals surface area (Å²) in [5, 5.41) is 12.7. The maximum Gasteiger partial charge on any atom is 0.235 e. The van der Waals surface area contributed by atoms with E-state index < -0.39 is 0 Å². The van der Waals surface area contributed by atoms with Crippen LogP contribution < -0.4 is 10.5 Å². The number of hydrogen-bond acceptors (Lipinski definition) is 4. The first-order valence-corrected chi connectivity index (χ1v) is 4.25. The van der Waals surface area contributed by atoms with Crippen LogP contribution in [-0.2, 0) is 13.5 Å². The minimum absolute atomic E-state index is 0.0217. The van der Waals surface area contributed by atoms with Gasteiger partial charge >= 0.3 is 0 Å². The summed E-state index contributed by atoms with van der Waals surface area (Å²) >= 11 is 0. The van der Waals surface area contributed by atoms with Crippen molar-refractivity contribution in [1.29, 1.82) is 0 Å². The first kappa shape index (κ1) is 9.85. The summed E-state index contributed by atoms with van der Waals surface area (Å²) in [6, 6.07) is 0. The number of nitrogen functional groups attached to an aromatic ring is 1. The predicted molar refractivity (Wildman–Crippen MR) is 49.6 cm³/mol. The SMILES string of the molecule is CCc1nn(C)c(OCCO)c1N. The molecule has 0 atom stereocenters. The van der Waals surface area contributed by atoms with Crippen LogP contribution in [0.3, 0.4) is 0 Å². The van der Waals surface area contributed by atoms with E-state index in [1.807, 2.05) is 6.92 Å². The zero-order chi connectivity index (χ0) is 9.84. The third-order valence-corrected chi connectivity index (χ3v) is 1.77. The van der Waals surface area contributed by atoms with Gasteiger partial charge in [-0.15, -0.1) is 0 Å². The topological polar surface area (TPSA) is 73.3 Å². The molecule has 1 heterocycles. The van der Waals surface area contributed by atoms with Gasteiger partial charge in [0.05, 0.1) is 12.3 Å². The molecule has 0 saturated heterocycles. The van der Waals surface area contributed by atoms with Crippen molar-refractivity contribution in [3.8, 4) is 5.88 Å². The molecule has 5 heteroatoms. The number of anilines is 1. The number of hydrogen-bond donors (Lipinski definition) is 2. The van der Waals surface area contributed by atoms with Gasteiger partial charge in [-0.05, 0) is 6.42 Å². The van der Waals surface area contributed by atoms with Crippen molar-refractivity contribution in [1.82, 2.24) is 9.78 Å². The molecule has 0 amide bonds. The minimum atomic E-state index is -0.0217. The van der Waals surface area contributed by atoms with Crippen LogP contribution in [0.4, 0.5) is 5.69 Å². The molecule has 0 bridgehead atoms. The lowest BCUT2D eigenvalue weighted by atomic mass is 10.3. The van der Waals surface area contributed by atoms with Crippen molar-refractivity contribution in [3.05, 3.63) is 5.69 Å². The summed E-state index contributed by atoms with van der Waals surface area (Å²) in [5.74, 6) is 0.533. The number of nitrogens with two attached hydrogens (primary N) is 1. The lowest BCUT2D eigenvalue weighted by molar-refractivity contribution is 0.192. The van der Waals surface area contributed by atoms with Crippen LogP contribution in [0.1, 0.15) is 12.6 Å². The summed E-state index contributed by atoms with van der Waals surface area (Å²) in [7, 11) is 1.77. The lowest BCUT2D eigenvalue weighted by Crippen LogP contribution is -2.06. The molecule has 0 unspecified atom stereocenters. The van der Waals surface area contributed by atoms with Gasteiger partial charge < -0.3 is 15.6 Å². The van der Waals surface area contributed by atoms with Gasteiger partial charge in [0.2, 0.25) is 5.88 Å². The van der Waals surface area contributed by atoms with Crippen molar-refractivity contribution in [2.24, 2.45) is 7.05 Å². The Morgan fingerprint density at radius 1 is 1.62 bits per heavy atom. The van der Waals surface area contributed by atoms with E-state index in [2.05, 4.69) is 5.10 Å². The molecule has 13 heavy (non-hydrogen) atoms. The fraction of sp³-hybridized carbons (Fsp3) is 0.625. The molecule has 0 fully saturated rings. The summed E-state index contributed by atoms with van der Waals surface area (Å²) in [6.45, 7) is 2.20. The Balaban J connectivity index is 2.85. The molecule has 0 aliphatic carbocycles. The maximum absolute atomic E-state index is 8.58. The number of aliphatic hydroxyl groups excluding tert-OH is 1. The predicted octanol–water partition coefficient (Wildman–Crippen LogP) is -0.0642. The first-order valence-electron chi connectivity index (χ1n) is 4.25. The molecule has 1 aromatic heterocycles. The summed E-state index contributed by atoms with van der Waals surface area (Å²) in [6.07, 6.45) is 0.780. The Kier molecular flexibility index (Phi) is 3.13. The van der Waals surface area contributed by atoms with E-state index in [0.717, 1.165) is 12.1 Å². The van der Waals surface area contributed by atoms with Crippen LogP contribution in [0, 0.1) is 0 Å². The first-order chi connectivity index (χ1) is 6.20. The Morgan fingerprint density at radius 2 is 2.31 bits per heavy atom. The number of ether oxygens (including phenoxy) is 1. The van der Waals surface area contributed by atoms with Crippen LogP contribution in [0.25, 0.3) is 0 Å². The van der Waals surface area contributed by atoms with Gasteiger partial charge in [-0.3, -0.25) is 0 Å².